The van der Waals surface area contributed by atoms with Crippen LogP contribution < -0.4 is 14.9 Å². The molecule has 37 heavy (non-hydrogen) atoms. The first-order chi connectivity index (χ1) is 17.7. The van der Waals surface area contributed by atoms with Crippen molar-refractivity contribution < 1.29 is 19.1 Å². The van der Waals surface area contributed by atoms with Crippen molar-refractivity contribution in [2.75, 3.05) is 6.61 Å². The molecule has 0 aliphatic heterocycles. The Morgan fingerprint density at radius 3 is 2.57 bits per heavy atom. The summed E-state index contributed by atoms with van der Waals surface area (Å²) >= 11 is 11.2. The number of esters is 1. The Morgan fingerprint density at radius 1 is 1.14 bits per heavy atom. The number of hydrogen-bond acceptors (Lipinski definition) is 6. The van der Waals surface area contributed by atoms with Crippen LogP contribution in [-0.2, 0) is 4.79 Å². The van der Waals surface area contributed by atoms with Gasteiger partial charge in [-0.25, -0.2) is 10.2 Å². The number of carbonyl (C=O) groups excluding carboxylic acids is 2. The van der Waals surface area contributed by atoms with Crippen LogP contribution in [0.4, 0.5) is 0 Å². The number of nitrogens with one attached hydrogen (secondary N) is 1. The van der Waals surface area contributed by atoms with E-state index in [4.69, 9.17) is 21.1 Å². The second-order valence-corrected chi connectivity index (χ2v) is 10.9. The Bertz CT molecular complexity index is 1480. The highest BCUT2D eigenvalue weighted by molar-refractivity contribution is 9.10. The van der Waals surface area contributed by atoms with Gasteiger partial charge in [-0.3, -0.25) is 4.79 Å². The highest BCUT2D eigenvalue weighted by Crippen LogP contribution is 2.36. The third kappa shape index (κ3) is 6.57. The first kappa shape index (κ1) is 26.9. The third-order valence-corrected chi connectivity index (χ3v) is 8.00. The molecule has 0 atom stereocenters. The van der Waals surface area contributed by atoms with Crippen molar-refractivity contribution in [3.05, 3.63) is 91.7 Å². The largest absolute Gasteiger partial charge is 0.483 e. The van der Waals surface area contributed by atoms with Crippen molar-refractivity contribution >= 4 is 67.0 Å². The Kier molecular flexibility index (Phi) is 8.63. The van der Waals surface area contributed by atoms with E-state index in [1.807, 2.05) is 43.3 Å². The Labute approximate surface area is 232 Å². The van der Waals surface area contributed by atoms with Gasteiger partial charge in [0.25, 0.3) is 5.91 Å². The van der Waals surface area contributed by atoms with Gasteiger partial charge in [0.15, 0.2) is 6.61 Å². The van der Waals surface area contributed by atoms with E-state index >= 15 is 0 Å². The summed E-state index contributed by atoms with van der Waals surface area (Å²) in [5.41, 5.74) is 5.22. The predicted molar refractivity (Wildman–Crippen MR) is 152 cm³/mol. The van der Waals surface area contributed by atoms with Gasteiger partial charge in [-0.15, -0.1) is 11.3 Å². The molecule has 0 spiro atoms. The van der Waals surface area contributed by atoms with Crippen LogP contribution >= 0.6 is 38.9 Å². The van der Waals surface area contributed by atoms with Crippen LogP contribution in [0, 0.1) is 6.92 Å². The minimum Gasteiger partial charge on any atom is -0.483 e. The van der Waals surface area contributed by atoms with Crippen molar-refractivity contribution in [1.29, 1.82) is 0 Å². The van der Waals surface area contributed by atoms with Crippen molar-refractivity contribution in [3.63, 3.8) is 0 Å². The molecular weight excluding hydrogens is 576 g/mol. The number of nitrogens with zero attached hydrogens (tertiary/aromatic N) is 1. The smallest absolute Gasteiger partial charge is 0.355 e. The maximum absolute atomic E-state index is 12.6. The average Bonchev–Trinajstić information content (AvgIpc) is 3.22. The predicted octanol–water partition coefficient (Wildman–Crippen LogP) is 7.50. The molecule has 0 saturated heterocycles. The van der Waals surface area contributed by atoms with E-state index in [2.05, 4.69) is 40.3 Å². The second kappa shape index (κ2) is 11.9. The van der Waals surface area contributed by atoms with E-state index < -0.39 is 5.97 Å². The highest BCUT2D eigenvalue weighted by Gasteiger charge is 2.19. The number of hydrogen-bond donors (Lipinski definition) is 1. The summed E-state index contributed by atoms with van der Waals surface area (Å²) in [6, 6.07) is 18.2. The van der Waals surface area contributed by atoms with Crippen molar-refractivity contribution in [2.45, 2.75) is 26.7 Å². The monoisotopic (exact) mass is 598 g/mol. The number of aryl methyl sites for hydroxylation is 1. The standard InChI is InChI=1S/C28H24BrClN2O4S/c1-16(2)21-13-22(29)17(3)12-23(21)35-15-25(33)32-31-14-18-8-10-19(11-9-18)36-28(34)27-26(30)20-6-4-5-7-24(20)37-27/h4-14,16H,15H2,1-3H3,(H,32,33). The van der Waals surface area contributed by atoms with E-state index in [0.717, 1.165) is 25.7 Å². The van der Waals surface area contributed by atoms with Gasteiger partial charge in [0.2, 0.25) is 0 Å². The lowest BCUT2D eigenvalue weighted by molar-refractivity contribution is -0.123. The maximum Gasteiger partial charge on any atom is 0.355 e. The number of carbonyl (C=O) groups is 2. The van der Waals surface area contributed by atoms with Crippen LogP contribution in [-0.4, -0.2) is 24.7 Å². The van der Waals surface area contributed by atoms with Crippen LogP contribution in [0.15, 0.2) is 70.2 Å². The van der Waals surface area contributed by atoms with Crippen LogP contribution in [0.1, 0.15) is 46.1 Å². The Balaban J connectivity index is 1.30. The fourth-order valence-electron chi connectivity index (χ4n) is 3.52. The van der Waals surface area contributed by atoms with Crippen LogP contribution in [0.5, 0.6) is 11.5 Å². The minimum atomic E-state index is -0.513. The normalized spacial score (nSPS) is 11.3. The van der Waals surface area contributed by atoms with E-state index in [1.54, 1.807) is 24.3 Å². The first-order valence-electron chi connectivity index (χ1n) is 11.5. The van der Waals surface area contributed by atoms with Gasteiger partial charge in [-0.05, 0) is 72.0 Å². The van der Waals surface area contributed by atoms with Gasteiger partial charge in [0, 0.05) is 14.6 Å². The van der Waals surface area contributed by atoms with Gasteiger partial charge < -0.3 is 9.47 Å². The molecule has 0 fully saturated rings. The van der Waals surface area contributed by atoms with E-state index in [1.165, 1.54) is 17.6 Å². The molecule has 1 heterocycles. The number of halogens is 2. The average molecular weight is 600 g/mol. The van der Waals surface area contributed by atoms with Gasteiger partial charge in [0.05, 0.1) is 11.2 Å². The third-order valence-electron chi connectivity index (χ3n) is 5.49. The zero-order chi connectivity index (χ0) is 26.5. The molecular formula is C28H24BrClN2O4S. The molecule has 0 aliphatic rings. The molecule has 4 rings (SSSR count). The summed E-state index contributed by atoms with van der Waals surface area (Å²) in [6.07, 6.45) is 1.50. The van der Waals surface area contributed by atoms with E-state index in [9.17, 15) is 9.59 Å². The van der Waals surface area contributed by atoms with Gasteiger partial charge in [-0.2, -0.15) is 5.10 Å². The van der Waals surface area contributed by atoms with E-state index in [-0.39, 0.29) is 18.4 Å². The lowest BCUT2D eigenvalue weighted by atomic mass is 10.0. The van der Waals surface area contributed by atoms with Crippen molar-refractivity contribution in [1.82, 2.24) is 5.43 Å². The van der Waals surface area contributed by atoms with Crippen molar-refractivity contribution in [2.24, 2.45) is 5.10 Å². The number of ether oxygens (including phenoxy) is 2. The highest BCUT2D eigenvalue weighted by atomic mass is 79.9. The molecule has 0 aliphatic carbocycles. The van der Waals surface area contributed by atoms with Crippen LogP contribution in [0.2, 0.25) is 5.02 Å². The molecule has 0 saturated carbocycles. The number of fused-ring (bicyclic) bond motifs is 1. The van der Waals surface area contributed by atoms with Gasteiger partial charge in [-0.1, -0.05) is 59.6 Å². The van der Waals surface area contributed by atoms with Gasteiger partial charge >= 0.3 is 5.97 Å². The molecule has 6 nitrogen and oxygen atoms in total. The van der Waals surface area contributed by atoms with Crippen molar-refractivity contribution in [3.8, 4) is 11.5 Å². The SMILES string of the molecule is Cc1cc(OCC(=O)NN=Cc2ccc(OC(=O)c3sc4ccccc4c3Cl)cc2)c(C(C)C)cc1Br. The first-order valence-corrected chi connectivity index (χ1v) is 13.5. The zero-order valence-corrected chi connectivity index (χ0v) is 23.5. The number of rotatable bonds is 8. The molecule has 0 radical (unpaired) electrons. The van der Waals surface area contributed by atoms with E-state index in [0.29, 0.717) is 27.0 Å². The Morgan fingerprint density at radius 2 is 1.86 bits per heavy atom. The molecule has 4 aromatic rings. The molecule has 3 aromatic carbocycles. The maximum atomic E-state index is 12.6. The van der Waals surface area contributed by atoms with Gasteiger partial charge in [0.1, 0.15) is 16.4 Å². The molecule has 0 bridgehead atoms. The lowest BCUT2D eigenvalue weighted by Gasteiger charge is -2.15. The number of amides is 1. The molecule has 190 valence electrons. The Hall–Kier alpha value is -3.20. The summed E-state index contributed by atoms with van der Waals surface area (Å²) in [7, 11) is 0. The molecule has 1 aromatic heterocycles. The van der Waals surface area contributed by atoms with Crippen LogP contribution in [0.25, 0.3) is 10.1 Å². The summed E-state index contributed by atoms with van der Waals surface area (Å²) in [6.45, 7) is 5.95. The molecule has 1 N–H and O–H groups in total. The number of hydrazone groups is 1. The fraction of sp³-hybridized carbons (Fsp3) is 0.179. The molecule has 1 amide bonds. The topological polar surface area (TPSA) is 77.0 Å². The summed E-state index contributed by atoms with van der Waals surface area (Å²) in [5.74, 6) is 0.409. The minimum absolute atomic E-state index is 0.159. The number of benzene rings is 3. The number of thiophene rings is 1. The molecule has 0 unspecified atom stereocenters. The fourth-order valence-corrected chi connectivity index (χ4v) is 5.27. The van der Waals surface area contributed by atoms with Crippen LogP contribution in [0.3, 0.4) is 0 Å². The zero-order valence-electron chi connectivity index (χ0n) is 20.4. The quantitative estimate of drug-likeness (QED) is 0.0985. The summed E-state index contributed by atoms with van der Waals surface area (Å²) in [4.78, 5) is 25.2. The summed E-state index contributed by atoms with van der Waals surface area (Å²) in [5, 5.41) is 5.20. The lowest BCUT2D eigenvalue weighted by Crippen LogP contribution is -2.25. The second-order valence-electron chi connectivity index (χ2n) is 8.58. The summed E-state index contributed by atoms with van der Waals surface area (Å²) < 4.78 is 13.2. The molecule has 9 heteroatoms.